The molecule has 2 N–H and O–H groups in total. The lowest BCUT2D eigenvalue weighted by atomic mass is 9.81. The molecule has 0 aromatic carbocycles. The van der Waals surface area contributed by atoms with E-state index in [9.17, 15) is 14.4 Å². The standard InChI is InChI=1S/C27H49N3O5/c1-10-11-12-21(31)30(17-22(32)34-19-13-24(2,3)28-25(4,5)14-19)18-23(33)35-20-15-26(6,7)29-27(8,9)16-20/h19-20,28-29H,10-18H2,1-9H3. The van der Waals surface area contributed by atoms with Crippen molar-refractivity contribution in [2.75, 3.05) is 13.1 Å². The van der Waals surface area contributed by atoms with E-state index in [1.54, 1.807) is 0 Å². The summed E-state index contributed by atoms with van der Waals surface area (Å²) in [6.45, 7) is 18.2. The van der Waals surface area contributed by atoms with Crippen molar-refractivity contribution in [1.82, 2.24) is 15.5 Å². The van der Waals surface area contributed by atoms with Gasteiger partial charge in [0, 0.05) is 54.3 Å². The minimum absolute atomic E-state index is 0.163. The molecule has 8 nitrogen and oxygen atoms in total. The van der Waals surface area contributed by atoms with Gasteiger partial charge in [0.1, 0.15) is 25.3 Å². The number of unbranched alkanes of at least 4 members (excludes halogenated alkanes) is 1. The summed E-state index contributed by atoms with van der Waals surface area (Å²) in [6.07, 6.45) is 4.12. The van der Waals surface area contributed by atoms with Crippen LogP contribution in [0.2, 0.25) is 0 Å². The Morgan fingerprint density at radius 2 is 1.06 bits per heavy atom. The second-order valence-corrected chi connectivity index (χ2v) is 13.2. The van der Waals surface area contributed by atoms with E-state index < -0.39 is 11.9 Å². The number of ether oxygens (including phenoxy) is 2. The summed E-state index contributed by atoms with van der Waals surface area (Å²) in [5, 5.41) is 7.14. The molecule has 1 amide bonds. The first-order valence-corrected chi connectivity index (χ1v) is 13.2. The molecule has 8 heteroatoms. The highest BCUT2D eigenvalue weighted by molar-refractivity contribution is 5.86. The number of amides is 1. The minimum Gasteiger partial charge on any atom is -0.461 e. The summed E-state index contributed by atoms with van der Waals surface area (Å²) in [5.74, 6) is -1.19. The van der Waals surface area contributed by atoms with E-state index in [0.29, 0.717) is 32.1 Å². The molecule has 0 saturated carbocycles. The molecule has 2 aliphatic rings. The number of esters is 2. The zero-order valence-electron chi connectivity index (χ0n) is 23.5. The van der Waals surface area contributed by atoms with E-state index in [-0.39, 0.29) is 59.8 Å². The Morgan fingerprint density at radius 1 is 0.714 bits per heavy atom. The van der Waals surface area contributed by atoms with Gasteiger partial charge < -0.3 is 25.0 Å². The first-order valence-electron chi connectivity index (χ1n) is 13.2. The Labute approximate surface area is 212 Å². The average Bonchev–Trinajstić information content (AvgIpc) is 2.59. The molecule has 0 unspecified atom stereocenters. The van der Waals surface area contributed by atoms with Gasteiger partial charge in [0.15, 0.2) is 0 Å². The van der Waals surface area contributed by atoms with Gasteiger partial charge in [-0.15, -0.1) is 0 Å². The molecule has 2 saturated heterocycles. The summed E-state index contributed by atoms with van der Waals surface area (Å²) in [4.78, 5) is 39.9. The van der Waals surface area contributed by atoms with Gasteiger partial charge in [0.25, 0.3) is 0 Å². The van der Waals surface area contributed by atoms with Crippen molar-refractivity contribution in [1.29, 1.82) is 0 Å². The van der Waals surface area contributed by atoms with Crippen LogP contribution in [0.3, 0.4) is 0 Å². The summed E-state index contributed by atoms with van der Waals surface area (Å²) >= 11 is 0. The number of carbonyl (C=O) groups is 3. The highest BCUT2D eigenvalue weighted by Crippen LogP contribution is 2.31. The van der Waals surface area contributed by atoms with Crippen LogP contribution in [0.15, 0.2) is 0 Å². The van der Waals surface area contributed by atoms with E-state index in [1.165, 1.54) is 4.90 Å². The number of hydrogen-bond acceptors (Lipinski definition) is 7. The van der Waals surface area contributed by atoms with Crippen LogP contribution in [-0.2, 0) is 23.9 Å². The van der Waals surface area contributed by atoms with Gasteiger partial charge in [-0.2, -0.15) is 0 Å². The number of nitrogens with zero attached hydrogens (tertiary/aromatic N) is 1. The van der Waals surface area contributed by atoms with Crippen molar-refractivity contribution >= 4 is 17.8 Å². The van der Waals surface area contributed by atoms with Gasteiger partial charge in [-0.25, -0.2) is 0 Å². The fourth-order valence-corrected chi connectivity index (χ4v) is 6.10. The van der Waals surface area contributed by atoms with Crippen molar-refractivity contribution in [3.05, 3.63) is 0 Å². The largest absolute Gasteiger partial charge is 0.461 e. The maximum atomic E-state index is 12.9. The Balaban J connectivity index is 2.02. The molecule has 2 aliphatic heterocycles. The third kappa shape index (κ3) is 10.1. The first-order chi connectivity index (χ1) is 15.9. The summed E-state index contributed by atoms with van der Waals surface area (Å²) in [5.41, 5.74) is -0.653. The van der Waals surface area contributed by atoms with Gasteiger partial charge in [-0.05, 0) is 61.8 Å². The highest BCUT2D eigenvalue weighted by atomic mass is 16.6. The van der Waals surface area contributed by atoms with E-state index in [0.717, 1.165) is 6.42 Å². The molecule has 2 heterocycles. The van der Waals surface area contributed by atoms with E-state index >= 15 is 0 Å². The molecular weight excluding hydrogens is 446 g/mol. The maximum absolute atomic E-state index is 12.9. The maximum Gasteiger partial charge on any atom is 0.325 e. The zero-order valence-corrected chi connectivity index (χ0v) is 23.5. The van der Waals surface area contributed by atoms with Crippen molar-refractivity contribution in [3.8, 4) is 0 Å². The number of carbonyl (C=O) groups excluding carboxylic acids is 3. The Hall–Kier alpha value is -1.67. The van der Waals surface area contributed by atoms with Crippen LogP contribution >= 0.6 is 0 Å². The lowest BCUT2D eigenvalue weighted by molar-refractivity contribution is -0.162. The Bertz CT molecular complexity index is 689. The summed E-state index contributed by atoms with van der Waals surface area (Å²) in [6, 6.07) is 0. The predicted octanol–water partition coefficient (Wildman–Crippen LogP) is 3.71. The molecule has 202 valence electrons. The second-order valence-electron chi connectivity index (χ2n) is 13.2. The third-order valence-electron chi connectivity index (χ3n) is 6.64. The van der Waals surface area contributed by atoms with Crippen LogP contribution in [0.1, 0.15) is 107 Å². The van der Waals surface area contributed by atoms with Gasteiger partial charge in [0.05, 0.1) is 0 Å². The molecule has 0 bridgehead atoms. The van der Waals surface area contributed by atoms with Crippen molar-refractivity contribution in [2.24, 2.45) is 0 Å². The SMILES string of the molecule is CCCCC(=O)N(CC(=O)OC1CC(C)(C)NC(C)(C)C1)CC(=O)OC1CC(C)(C)NC(C)(C)C1. The van der Waals surface area contributed by atoms with Gasteiger partial charge in [-0.3, -0.25) is 14.4 Å². The van der Waals surface area contributed by atoms with E-state index in [1.807, 2.05) is 6.92 Å². The van der Waals surface area contributed by atoms with Crippen LogP contribution in [-0.4, -0.2) is 70.2 Å². The molecule has 0 aromatic rings. The molecule has 0 atom stereocenters. The number of rotatable bonds is 9. The van der Waals surface area contributed by atoms with E-state index in [4.69, 9.17) is 9.47 Å². The van der Waals surface area contributed by atoms with Gasteiger partial charge in [-0.1, -0.05) is 13.3 Å². The Kier molecular flexibility index (Phi) is 9.42. The molecular formula is C27H49N3O5. The molecule has 35 heavy (non-hydrogen) atoms. The van der Waals surface area contributed by atoms with Crippen LogP contribution in [0, 0.1) is 0 Å². The van der Waals surface area contributed by atoms with Gasteiger partial charge in [0.2, 0.25) is 5.91 Å². The number of hydrogen-bond donors (Lipinski definition) is 2. The topological polar surface area (TPSA) is 97.0 Å². The van der Waals surface area contributed by atoms with Crippen LogP contribution < -0.4 is 10.6 Å². The fourth-order valence-electron chi connectivity index (χ4n) is 6.10. The summed E-state index contributed by atoms with van der Waals surface area (Å²) < 4.78 is 11.6. The minimum atomic E-state index is -0.481. The second kappa shape index (κ2) is 11.2. The molecule has 0 aromatic heterocycles. The smallest absolute Gasteiger partial charge is 0.325 e. The Morgan fingerprint density at radius 3 is 1.37 bits per heavy atom. The molecule has 0 radical (unpaired) electrons. The average molecular weight is 496 g/mol. The molecule has 0 spiro atoms. The molecule has 0 aliphatic carbocycles. The number of piperidine rings is 2. The van der Waals surface area contributed by atoms with Crippen molar-refractivity contribution < 1.29 is 23.9 Å². The van der Waals surface area contributed by atoms with Crippen LogP contribution in [0.25, 0.3) is 0 Å². The predicted molar refractivity (Wildman–Crippen MR) is 137 cm³/mol. The highest BCUT2D eigenvalue weighted by Gasteiger charge is 2.41. The van der Waals surface area contributed by atoms with Crippen molar-refractivity contribution in [2.45, 2.75) is 142 Å². The molecule has 2 rings (SSSR count). The third-order valence-corrected chi connectivity index (χ3v) is 6.64. The monoisotopic (exact) mass is 495 g/mol. The zero-order chi connectivity index (χ0) is 26.7. The van der Waals surface area contributed by atoms with Crippen LogP contribution in [0.4, 0.5) is 0 Å². The lowest BCUT2D eigenvalue weighted by Crippen LogP contribution is -2.60. The fraction of sp³-hybridized carbons (Fsp3) is 0.889. The summed E-state index contributed by atoms with van der Waals surface area (Å²) in [7, 11) is 0. The molecule has 2 fully saturated rings. The van der Waals surface area contributed by atoms with Gasteiger partial charge >= 0.3 is 11.9 Å². The normalized spacial score (nSPS) is 23.3. The van der Waals surface area contributed by atoms with Crippen molar-refractivity contribution in [3.63, 3.8) is 0 Å². The first kappa shape index (κ1) is 29.6. The van der Waals surface area contributed by atoms with Crippen LogP contribution in [0.5, 0.6) is 0 Å². The quantitative estimate of drug-likeness (QED) is 0.471. The number of nitrogens with one attached hydrogen (secondary N) is 2. The van der Waals surface area contributed by atoms with E-state index in [2.05, 4.69) is 66.0 Å². The lowest BCUT2D eigenvalue weighted by Gasteiger charge is -2.46.